The van der Waals surface area contributed by atoms with Gasteiger partial charge >= 0.3 is 0 Å². The smallest absolute Gasteiger partial charge is 0.267 e. The summed E-state index contributed by atoms with van der Waals surface area (Å²) in [7, 11) is 0. The van der Waals surface area contributed by atoms with Gasteiger partial charge in [0.2, 0.25) is 0 Å². The van der Waals surface area contributed by atoms with Crippen molar-refractivity contribution in [2.24, 2.45) is 0 Å². The average Bonchev–Trinajstić information content (AvgIpc) is 2.81. The first-order chi connectivity index (χ1) is 8.18. The zero-order chi connectivity index (χ0) is 12.3. The number of anilines is 1. The van der Waals surface area contributed by atoms with Gasteiger partial charge in [-0.3, -0.25) is 9.59 Å². The quantitative estimate of drug-likeness (QED) is 0.878. The molecule has 0 saturated heterocycles. The molecule has 0 aromatic carbocycles. The fourth-order valence-corrected chi connectivity index (χ4v) is 1.80. The molecule has 0 aliphatic rings. The molecule has 0 aliphatic heterocycles. The predicted octanol–water partition coefficient (Wildman–Crippen LogP) is 0.899. The van der Waals surface area contributed by atoms with Crippen LogP contribution in [-0.4, -0.2) is 20.7 Å². The molecule has 0 aliphatic carbocycles. The molecular formula is C10H10N4O2S. The van der Waals surface area contributed by atoms with Crippen LogP contribution < -0.4 is 10.9 Å². The van der Waals surface area contributed by atoms with Crippen LogP contribution in [-0.2, 0) is 4.79 Å². The first kappa shape index (κ1) is 11.5. The van der Waals surface area contributed by atoms with Gasteiger partial charge in [-0.15, -0.1) is 11.3 Å². The van der Waals surface area contributed by atoms with E-state index in [1.54, 1.807) is 18.5 Å². The van der Waals surface area contributed by atoms with Gasteiger partial charge in [0.25, 0.3) is 11.5 Å². The summed E-state index contributed by atoms with van der Waals surface area (Å²) in [6.45, 7) is 1.61. The van der Waals surface area contributed by atoms with E-state index in [9.17, 15) is 9.59 Å². The first-order valence-electron chi connectivity index (χ1n) is 4.92. The van der Waals surface area contributed by atoms with E-state index in [1.165, 1.54) is 29.7 Å². The molecule has 1 N–H and O–H groups in total. The Morgan fingerprint density at radius 2 is 2.35 bits per heavy atom. The Balaban J connectivity index is 2.15. The van der Waals surface area contributed by atoms with E-state index < -0.39 is 6.04 Å². The van der Waals surface area contributed by atoms with E-state index in [4.69, 9.17) is 0 Å². The highest BCUT2D eigenvalue weighted by atomic mass is 32.1. The third kappa shape index (κ3) is 2.56. The van der Waals surface area contributed by atoms with Crippen molar-refractivity contribution in [1.82, 2.24) is 14.8 Å². The van der Waals surface area contributed by atoms with Crippen LogP contribution in [0.3, 0.4) is 0 Å². The van der Waals surface area contributed by atoms with Gasteiger partial charge in [0.05, 0.1) is 0 Å². The van der Waals surface area contributed by atoms with E-state index in [-0.39, 0.29) is 11.5 Å². The minimum Gasteiger partial charge on any atom is -0.300 e. The largest absolute Gasteiger partial charge is 0.300 e. The molecule has 0 spiro atoms. The second-order valence-corrected chi connectivity index (χ2v) is 4.20. The molecule has 0 saturated carbocycles. The molecule has 2 heterocycles. The van der Waals surface area contributed by atoms with Gasteiger partial charge in [0.15, 0.2) is 5.13 Å². The fourth-order valence-electron chi connectivity index (χ4n) is 1.27. The van der Waals surface area contributed by atoms with Gasteiger partial charge in [-0.05, 0) is 13.0 Å². The Bertz CT molecular complexity index is 564. The maximum Gasteiger partial charge on any atom is 0.267 e. The van der Waals surface area contributed by atoms with Crippen LogP contribution in [0.4, 0.5) is 5.13 Å². The SMILES string of the molecule is CC(C(=O)Nc1nccs1)n1ncccc1=O. The molecule has 2 aromatic rings. The number of aromatic nitrogens is 3. The molecule has 7 heteroatoms. The number of carbonyl (C=O) groups excluding carboxylic acids is 1. The molecule has 0 radical (unpaired) electrons. The van der Waals surface area contributed by atoms with Crippen molar-refractivity contribution < 1.29 is 4.79 Å². The molecule has 2 rings (SSSR count). The number of nitrogens with one attached hydrogen (secondary N) is 1. The van der Waals surface area contributed by atoms with E-state index >= 15 is 0 Å². The average molecular weight is 250 g/mol. The molecular weight excluding hydrogens is 240 g/mol. The van der Waals surface area contributed by atoms with Crippen molar-refractivity contribution in [1.29, 1.82) is 0 Å². The monoisotopic (exact) mass is 250 g/mol. The Kier molecular flexibility index (Phi) is 3.29. The van der Waals surface area contributed by atoms with Crippen LogP contribution in [0.25, 0.3) is 0 Å². The Morgan fingerprint density at radius 3 is 3.00 bits per heavy atom. The number of thiazole rings is 1. The lowest BCUT2D eigenvalue weighted by Crippen LogP contribution is -2.32. The number of nitrogens with zero attached hydrogens (tertiary/aromatic N) is 3. The molecule has 17 heavy (non-hydrogen) atoms. The van der Waals surface area contributed by atoms with E-state index in [0.29, 0.717) is 5.13 Å². The Morgan fingerprint density at radius 1 is 1.53 bits per heavy atom. The van der Waals surface area contributed by atoms with Crippen molar-refractivity contribution in [3.05, 3.63) is 40.3 Å². The molecule has 1 unspecified atom stereocenters. The summed E-state index contributed by atoms with van der Waals surface area (Å²) in [5, 5.41) is 8.73. The maximum atomic E-state index is 11.8. The van der Waals surface area contributed by atoms with Crippen LogP contribution in [0.2, 0.25) is 0 Å². The third-order valence-corrected chi connectivity index (χ3v) is 2.84. The summed E-state index contributed by atoms with van der Waals surface area (Å²) < 4.78 is 1.13. The summed E-state index contributed by atoms with van der Waals surface area (Å²) >= 11 is 1.32. The van der Waals surface area contributed by atoms with Gasteiger partial charge in [0.1, 0.15) is 6.04 Å². The summed E-state index contributed by atoms with van der Waals surface area (Å²) in [4.78, 5) is 27.2. The lowest BCUT2D eigenvalue weighted by molar-refractivity contribution is -0.119. The molecule has 1 amide bonds. The number of carbonyl (C=O) groups is 1. The normalized spacial score (nSPS) is 12.1. The minimum absolute atomic E-state index is 0.311. The van der Waals surface area contributed by atoms with E-state index in [0.717, 1.165) is 4.68 Å². The van der Waals surface area contributed by atoms with Crippen LogP contribution in [0, 0.1) is 0 Å². The second kappa shape index (κ2) is 4.88. The predicted molar refractivity (Wildman–Crippen MR) is 64.0 cm³/mol. The van der Waals surface area contributed by atoms with Crippen LogP contribution in [0.5, 0.6) is 0 Å². The topological polar surface area (TPSA) is 76.9 Å². The molecule has 2 aromatic heterocycles. The second-order valence-electron chi connectivity index (χ2n) is 3.31. The lowest BCUT2D eigenvalue weighted by Gasteiger charge is -2.11. The van der Waals surface area contributed by atoms with Gasteiger partial charge in [-0.25, -0.2) is 9.67 Å². The van der Waals surface area contributed by atoms with Crippen LogP contribution in [0.1, 0.15) is 13.0 Å². The Labute approximate surface area is 101 Å². The Hall–Kier alpha value is -2.02. The minimum atomic E-state index is -0.674. The molecule has 88 valence electrons. The first-order valence-corrected chi connectivity index (χ1v) is 5.80. The maximum absolute atomic E-state index is 11.8. The molecule has 0 bridgehead atoms. The molecule has 6 nitrogen and oxygen atoms in total. The highest BCUT2D eigenvalue weighted by Gasteiger charge is 2.17. The van der Waals surface area contributed by atoms with Crippen LogP contribution >= 0.6 is 11.3 Å². The number of rotatable bonds is 3. The number of amides is 1. The van der Waals surface area contributed by atoms with Crippen molar-refractivity contribution in [3.63, 3.8) is 0 Å². The summed E-state index contributed by atoms with van der Waals surface area (Å²) in [6.07, 6.45) is 3.06. The number of hydrogen-bond acceptors (Lipinski definition) is 5. The standard InChI is InChI=1S/C10H10N4O2S/c1-7(14-8(15)3-2-4-12-14)9(16)13-10-11-5-6-17-10/h2-7H,1H3,(H,11,13,16). The molecule has 1 atom stereocenters. The highest BCUT2D eigenvalue weighted by molar-refractivity contribution is 7.13. The third-order valence-electron chi connectivity index (χ3n) is 2.15. The van der Waals surface area contributed by atoms with Gasteiger partial charge in [-0.2, -0.15) is 5.10 Å². The van der Waals surface area contributed by atoms with Crippen molar-refractivity contribution >= 4 is 22.4 Å². The summed E-state index contributed by atoms with van der Waals surface area (Å²) in [5.41, 5.74) is -0.311. The van der Waals surface area contributed by atoms with Gasteiger partial charge < -0.3 is 5.32 Å². The lowest BCUT2D eigenvalue weighted by atomic mass is 10.3. The molecule has 0 fully saturated rings. The summed E-state index contributed by atoms with van der Waals surface area (Å²) in [6, 6.07) is 2.22. The van der Waals surface area contributed by atoms with E-state index in [1.807, 2.05) is 0 Å². The zero-order valence-corrected chi connectivity index (χ0v) is 9.85. The van der Waals surface area contributed by atoms with Crippen molar-refractivity contribution in [2.45, 2.75) is 13.0 Å². The summed E-state index contributed by atoms with van der Waals surface area (Å²) in [5.74, 6) is -0.319. The fraction of sp³-hybridized carbons (Fsp3) is 0.200. The zero-order valence-electron chi connectivity index (χ0n) is 9.03. The number of hydrogen-bond donors (Lipinski definition) is 1. The van der Waals surface area contributed by atoms with Crippen molar-refractivity contribution in [2.75, 3.05) is 5.32 Å². The van der Waals surface area contributed by atoms with Gasteiger partial charge in [0, 0.05) is 23.8 Å². The van der Waals surface area contributed by atoms with Gasteiger partial charge in [-0.1, -0.05) is 0 Å². The van der Waals surface area contributed by atoms with Crippen molar-refractivity contribution in [3.8, 4) is 0 Å². The highest BCUT2D eigenvalue weighted by Crippen LogP contribution is 2.12. The van der Waals surface area contributed by atoms with Crippen LogP contribution in [0.15, 0.2) is 34.7 Å². The van der Waals surface area contributed by atoms with E-state index in [2.05, 4.69) is 15.4 Å².